The van der Waals surface area contributed by atoms with Crippen molar-refractivity contribution in [2.45, 2.75) is 4.90 Å². The number of rotatable bonds is 6. The van der Waals surface area contributed by atoms with Crippen LogP contribution in [0.4, 0.5) is 13.9 Å². The quantitative estimate of drug-likeness (QED) is 0.531. The van der Waals surface area contributed by atoms with E-state index in [-0.39, 0.29) is 4.90 Å². The standard InChI is InChI=1S/C22H19F2N3O4S2/c23-18-7-4-16(13-19(18)24)20-14-32-22(25-20)26-21(28)8-3-15-1-5-17(6-2-15)33(29,30)27-9-11-31-12-10-27/h1-8,13-14H,9-12H2,(H,25,26,28). The van der Waals surface area contributed by atoms with Gasteiger partial charge in [0.2, 0.25) is 15.9 Å². The number of nitrogens with zero attached hydrogens (tertiary/aromatic N) is 2. The molecule has 2 aromatic carbocycles. The van der Waals surface area contributed by atoms with Gasteiger partial charge in [-0.2, -0.15) is 4.31 Å². The van der Waals surface area contributed by atoms with E-state index in [1.807, 2.05) is 0 Å². The number of benzene rings is 2. The van der Waals surface area contributed by atoms with Crippen molar-refractivity contribution in [3.05, 3.63) is 71.1 Å². The Kier molecular flexibility index (Phi) is 6.94. The molecule has 0 aliphatic carbocycles. The number of nitrogens with one attached hydrogen (secondary N) is 1. The maximum Gasteiger partial charge on any atom is 0.250 e. The summed E-state index contributed by atoms with van der Waals surface area (Å²) >= 11 is 1.15. The summed E-state index contributed by atoms with van der Waals surface area (Å²) in [5.74, 6) is -2.36. The molecule has 7 nitrogen and oxygen atoms in total. The van der Waals surface area contributed by atoms with Gasteiger partial charge in [-0.25, -0.2) is 22.2 Å². The molecular formula is C22H19F2N3O4S2. The second-order valence-electron chi connectivity index (χ2n) is 7.07. The summed E-state index contributed by atoms with van der Waals surface area (Å²) < 4.78 is 58.4. The molecule has 0 bridgehead atoms. The number of aromatic nitrogens is 1. The summed E-state index contributed by atoms with van der Waals surface area (Å²) in [6.45, 7) is 1.38. The lowest BCUT2D eigenvalue weighted by molar-refractivity contribution is -0.111. The van der Waals surface area contributed by atoms with E-state index < -0.39 is 27.6 Å². The molecule has 1 aliphatic heterocycles. The predicted octanol–water partition coefficient (Wildman–Crippen LogP) is 3.76. The third-order valence-electron chi connectivity index (χ3n) is 4.86. The van der Waals surface area contributed by atoms with E-state index in [4.69, 9.17) is 4.74 Å². The van der Waals surface area contributed by atoms with Gasteiger partial charge >= 0.3 is 0 Å². The van der Waals surface area contributed by atoms with Gasteiger partial charge in [-0.05, 0) is 42.0 Å². The maximum atomic E-state index is 13.4. The molecule has 172 valence electrons. The first-order chi connectivity index (χ1) is 15.8. The van der Waals surface area contributed by atoms with Gasteiger partial charge in [0.15, 0.2) is 16.8 Å². The number of hydrogen-bond donors (Lipinski definition) is 1. The van der Waals surface area contributed by atoms with Crippen LogP contribution in [-0.2, 0) is 19.6 Å². The molecule has 33 heavy (non-hydrogen) atoms. The fourth-order valence-electron chi connectivity index (χ4n) is 3.13. The normalized spacial score (nSPS) is 15.1. The predicted molar refractivity (Wildman–Crippen MR) is 121 cm³/mol. The third kappa shape index (κ3) is 5.50. The van der Waals surface area contributed by atoms with Gasteiger partial charge in [0, 0.05) is 30.1 Å². The summed E-state index contributed by atoms with van der Waals surface area (Å²) in [5.41, 5.74) is 1.45. The minimum absolute atomic E-state index is 0.179. The average molecular weight is 492 g/mol. The number of carbonyl (C=O) groups excluding carboxylic acids is 1. The zero-order valence-corrected chi connectivity index (χ0v) is 18.8. The Bertz CT molecular complexity index is 1290. The lowest BCUT2D eigenvalue weighted by Crippen LogP contribution is -2.40. The van der Waals surface area contributed by atoms with E-state index >= 15 is 0 Å². The van der Waals surface area contributed by atoms with E-state index in [2.05, 4.69) is 10.3 Å². The smallest absolute Gasteiger partial charge is 0.250 e. The zero-order chi connectivity index (χ0) is 23.4. The highest BCUT2D eigenvalue weighted by atomic mass is 32.2. The van der Waals surface area contributed by atoms with Crippen LogP contribution in [0, 0.1) is 11.6 Å². The van der Waals surface area contributed by atoms with Crippen LogP contribution in [0.3, 0.4) is 0 Å². The van der Waals surface area contributed by atoms with Crippen LogP contribution in [0.25, 0.3) is 17.3 Å². The summed E-state index contributed by atoms with van der Waals surface area (Å²) in [6, 6.07) is 9.68. The highest BCUT2D eigenvalue weighted by Crippen LogP contribution is 2.26. The summed E-state index contributed by atoms with van der Waals surface area (Å²) in [4.78, 5) is 16.6. The fraction of sp³-hybridized carbons (Fsp3) is 0.182. The number of morpholine rings is 1. The van der Waals surface area contributed by atoms with Crippen molar-refractivity contribution in [1.29, 1.82) is 0 Å². The van der Waals surface area contributed by atoms with Gasteiger partial charge in [0.25, 0.3) is 0 Å². The first-order valence-electron chi connectivity index (χ1n) is 9.91. The minimum Gasteiger partial charge on any atom is -0.379 e. The van der Waals surface area contributed by atoms with E-state index in [1.54, 1.807) is 23.6 Å². The Hall–Kier alpha value is -2.99. The number of sulfonamides is 1. The van der Waals surface area contributed by atoms with Gasteiger partial charge < -0.3 is 4.74 Å². The van der Waals surface area contributed by atoms with Crippen molar-refractivity contribution in [2.24, 2.45) is 0 Å². The Labute approximate surface area is 193 Å². The summed E-state index contributed by atoms with van der Waals surface area (Å²) in [5, 5.41) is 4.53. The van der Waals surface area contributed by atoms with Crippen LogP contribution in [0.5, 0.6) is 0 Å². The molecule has 0 unspecified atom stereocenters. The first-order valence-corrected chi connectivity index (χ1v) is 12.2. The Balaban J connectivity index is 1.38. The molecule has 0 atom stereocenters. The number of anilines is 1. The molecule has 2 heterocycles. The van der Waals surface area contributed by atoms with Crippen molar-refractivity contribution in [1.82, 2.24) is 9.29 Å². The third-order valence-corrected chi connectivity index (χ3v) is 7.54. The van der Waals surface area contributed by atoms with Crippen molar-refractivity contribution in [3.63, 3.8) is 0 Å². The highest BCUT2D eigenvalue weighted by molar-refractivity contribution is 7.89. The molecule has 3 aromatic rings. The van der Waals surface area contributed by atoms with E-state index in [9.17, 15) is 22.0 Å². The lowest BCUT2D eigenvalue weighted by Gasteiger charge is -2.26. The molecule has 1 fully saturated rings. The van der Waals surface area contributed by atoms with Gasteiger partial charge in [-0.3, -0.25) is 10.1 Å². The second kappa shape index (κ2) is 9.87. The van der Waals surface area contributed by atoms with Crippen LogP contribution in [0.2, 0.25) is 0 Å². The number of halogens is 2. The van der Waals surface area contributed by atoms with E-state index in [1.165, 1.54) is 28.6 Å². The molecule has 0 radical (unpaired) electrons. The molecule has 1 N–H and O–H groups in total. The molecule has 4 rings (SSSR count). The minimum atomic E-state index is -3.58. The van der Waals surface area contributed by atoms with E-state index in [0.717, 1.165) is 23.5 Å². The number of hydrogen-bond acceptors (Lipinski definition) is 6. The van der Waals surface area contributed by atoms with Crippen LogP contribution in [-0.4, -0.2) is 49.9 Å². The van der Waals surface area contributed by atoms with Gasteiger partial charge in [-0.1, -0.05) is 12.1 Å². The molecule has 1 amide bonds. The lowest BCUT2D eigenvalue weighted by atomic mass is 10.2. The van der Waals surface area contributed by atoms with Crippen molar-refractivity contribution in [2.75, 3.05) is 31.6 Å². The van der Waals surface area contributed by atoms with Crippen molar-refractivity contribution in [3.8, 4) is 11.3 Å². The summed E-state index contributed by atoms with van der Waals surface area (Å²) in [7, 11) is -3.58. The Morgan fingerprint density at radius 1 is 1.09 bits per heavy atom. The molecule has 0 spiro atoms. The topological polar surface area (TPSA) is 88.6 Å². The van der Waals surface area contributed by atoms with Crippen LogP contribution in [0.15, 0.2) is 58.8 Å². The Morgan fingerprint density at radius 3 is 2.52 bits per heavy atom. The molecule has 1 aromatic heterocycles. The molecule has 1 saturated heterocycles. The fourth-order valence-corrected chi connectivity index (χ4v) is 5.26. The summed E-state index contributed by atoms with van der Waals surface area (Å²) in [6.07, 6.45) is 2.84. The maximum absolute atomic E-state index is 13.4. The van der Waals surface area contributed by atoms with Crippen molar-refractivity contribution < 1.29 is 26.7 Å². The second-order valence-corrected chi connectivity index (χ2v) is 9.87. The first kappa shape index (κ1) is 23.2. The molecular weight excluding hydrogens is 472 g/mol. The number of thiazole rings is 1. The molecule has 1 aliphatic rings. The van der Waals surface area contributed by atoms with Crippen LogP contribution in [0.1, 0.15) is 5.56 Å². The van der Waals surface area contributed by atoms with Crippen molar-refractivity contribution >= 4 is 38.5 Å². The monoisotopic (exact) mass is 491 g/mol. The molecule has 0 saturated carbocycles. The van der Waals surface area contributed by atoms with Gasteiger partial charge in [-0.15, -0.1) is 11.3 Å². The largest absolute Gasteiger partial charge is 0.379 e. The average Bonchev–Trinajstić information content (AvgIpc) is 3.29. The highest BCUT2D eigenvalue weighted by Gasteiger charge is 2.25. The molecule has 11 heteroatoms. The Morgan fingerprint density at radius 2 is 1.82 bits per heavy atom. The number of carbonyl (C=O) groups is 1. The van der Waals surface area contributed by atoms with E-state index in [0.29, 0.717) is 48.3 Å². The number of ether oxygens (including phenoxy) is 1. The SMILES string of the molecule is O=C(C=Cc1ccc(S(=O)(=O)N2CCOCC2)cc1)Nc1nc(-c2ccc(F)c(F)c2)cs1. The van der Waals surface area contributed by atoms with Gasteiger partial charge in [0.05, 0.1) is 23.8 Å². The number of amides is 1. The van der Waals surface area contributed by atoms with Crippen LogP contribution < -0.4 is 5.32 Å². The zero-order valence-electron chi connectivity index (χ0n) is 17.2. The van der Waals surface area contributed by atoms with Gasteiger partial charge in [0.1, 0.15) is 0 Å². The van der Waals surface area contributed by atoms with Crippen LogP contribution >= 0.6 is 11.3 Å².